The molecule has 0 saturated carbocycles. The van der Waals surface area contributed by atoms with Gasteiger partial charge < -0.3 is 14.6 Å². The summed E-state index contributed by atoms with van der Waals surface area (Å²) in [6.45, 7) is 2.46. The second kappa shape index (κ2) is 6.44. The molecule has 0 spiro atoms. The first kappa shape index (κ1) is 15.0. The number of benzene rings is 2. The summed E-state index contributed by atoms with van der Waals surface area (Å²) in [6.07, 6.45) is 1.74. The standard InChI is InChI=1S/C18H18N2O3/c1-3-23-14-8-9-15(17(21)10-14)18-16(11-19-20-18)12-4-6-13(22-2)7-5-12/h4-11,21H,3H2,1-2H3,(H,19,20). The number of hydrogen-bond acceptors (Lipinski definition) is 4. The highest BCUT2D eigenvalue weighted by Gasteiger charge is 2.14. The number of aromatic nitrogens is 2. The zero-order chi connectivity index (χ0) is 16.2. The molecule has 0 fully saturated rings. The molecular formula is C18H18N2O3. The van der Waals surface area contributed by atoms with Crippen molar-refractivity contribution in [2.75, 3.05) is 13.7 Å². The molecule has 5 heteroatoms. The lowest BCUT2D eigenvalue weighted by molar-refractivity contribution is 0.338. The maximum absolute atomic E-state index is 10.3. The SMILES string of the molecule is CCOc1ccc(-c2[nH]ncc2-c2ccc(OC)cc2)c(O)c1. The summed E-state index contributed by atoms with van der Waals surface area (Å²) < 4.78 is 10.6. The Labute approximate surface area is 134 Å². The van der Waals surface area contributed by atoms with Crippen molar-refractivity contribution >= 4 is 0 Å². The van der Waals surface area contributed by atoms with Crippen LogP contribution in [0.15, 0.2) is 48.7 Å². The van der Waals surface area contributed by atoms with Crippen molar-refractivity contribution < 1.29 is 14.6 Å². The fraction of sp³-hybridized carbons (Fsp3) is 0.167. The van der Waals surface area contributed by atoms with Gasteiger partial charge in [-0.15, -0.1) is 0 Å². The molecule has 118 valence electrons. The van der Waals surface area contributed by atoms with Crippen molar-refractivity contribution in [1.82, 2.24) is 10.2 Å². The van der Waals surface area contributed by atoms with E-state index in [1.54, 1.807) is 19.4 Å². The first-order chi connectivity index (χ1) is 11.2. The van der Waals surface area contributed by atoms with Gasteiger partial charge in [0.05, 0.1) is 25.6 Å². The summed E-state index contributed by atoms with van der Waals surface area (Å²) in [7, 11) is 1.64. The number of ether oxygens (including phenoxy) is 2. The number of rotatable bonds is 5. The van der Waals surface area contributed by atoms with Crippen LogP contribution in [0.4, 0.5) is 0 Å². The molecule has 2 aromatic carbocycles. The number of nitrogens with one attached hydrogen (secondary N) is 1. The van der Waals surface area contributed by atoms with Crippen molar-refractivity contribution in [2.24, 2.45) is 0 Å². The molecule has 0 aliphatic carbocycles. The summed E-state index contributed by atoms with van der Waals surface area (Å²) in [5.41, 5.74) is 3.34. The van der Waals surface area contributed by atoms with Crippen molar-refractivity contribution in [1.29, 1.82) is 0 Å². The molecule has 5 nitrogen and oxygen atoms in total. The van der Waals surface area contributed by atoms with Crippen LogP contribution in [0.25, 0.3) is 22.4 Å². The summed E-state index contributed by atoms with van der Waals surface area (Å²) in [6, 6.07) is 13.0. The summed E-state index contributed by atoms with van der Waals surface area (Å²) in [5, 5.41) is 17.4. The molecule has 0 aliphatic rings. The number of H-pyrrole nitrogens is 1. The van der Waals surface area contributed by atoms with E-state index in [1.807, 2.05) is 43.3 Å². The smallest absolute Gasteiger partial charge is 0.128 e. The summed E-state index contributed by atoms with van der Waals surface area (Å²) in [5.74, 6) is 1.58. The minimum Gasteiger partial charge on any atom is -0.507 e. The highest BCUT2D eigenvalue weighted by atomic mass is 16.5. The lowest BCUT2D eigenvalue weighted by atomic mass is 10.0. The van der Waals surface area contributed by atoms with Gasteiger partial charge in [-0.3, -0.25) is 5.10 Å². The zero-order valence-corrected chi connectivity index (χ0v) is 13.0. The van der Waals surface area contributed by atoms with Crippen molar-refractivity contribution in [2.45, 2.75) is 6.92 Å². The van der Waals surface area contributed by atoms with Gasteiger partial charge >= 0.3 is 0 Å². The Hall–Kier alpha value is -2.95. The highest BCUT2D eigenvalue weighted by molar-refractivity contribution is 5.83. The van der Waals surface area contributed by atoms with Crippen LogP contribution in [0.1, 0.15) is 6.92 Å². The van der Waals surface area contributed by atoms with E-state index in [0.717, 1.165) is 22.6 Å². The lowest BCUT2D eigenvalue weighted by Crippen LogP contribution is -1.91. The first-order valence-corrected chi connectivity index (χ1v) is 7.37. The maximum Gasteiger partial charge on any atom is 0.128 e. The summed E-state index contributed by atoms with van der Waals surface area (Å²) >= 11 is 0. The van der Waals surface area contributed by atoms with E-state index in [9.17, 15) is 5.11 Å². The molecule has 0 amide bonds. The number of phenolic OH excluding ortho intramolecular Hbond substituents is 1. The monoisotopic (exact) mass is 310 g/mol. The van der Waals surface area contributed by atoms with Crippen LogP contribution >= 0.6 is 0 Å². The minimum absolute atomic E-state index is 0.148. The van der Waals surface area contributed by atoms with Crippen molar-refractivity contribution in [3.63, 3.8) is 0 Å². The first-order valence-electron chi connectivity index (χ1n) is 7.37. The lowest BCUT2D eigenvalue weighted by Gasteiger charge is -2.09. The number of aromatic amines is 1. The second-order valence-corrected chi connectivity index (χ2v) is 5.00. The Morgan fingerprint density at radius 2 is 1.78 bits per heavy atom. The van der Waals surface area contributed by atoms with E-state index >= 15 is 0 Å². The van der Waals surface area contributed by atoms with Gasteiger partial charge in [0.15, 0.2) is 0 Å². The minimum atomic E-state index is 0.148. The molecule has 0 radical (unpaired) electrons. The molecule has 3 aromatic rings. The average Bonchev–Trinajstić information content (AvgIpc) is 3.05. The number of nitrogens with zero attached hydrogens (tertiary/aromatic N) is 1. The van der Waals surface area contributed by atoms with Gasteiger partial charge in [-0.25, -0.2) is 0 Å². The molecule has 0 saturated heterocycles. The molecule has 1 aromatic heterocycles. The molecule has 2 N–H and O–H groups in total. The Kier molecular flexibility index (Phi) is 4.19. The Morgan fingerprint density at radius 1 is 1.04 bits per heavy atom. The average molecular weight is 310 g/mol. The fourth-order valence-corrected chi connectivity index (χ4v) is 2.46. The van der Waals surface area contributed by atoms with E-state index < -0.39 is 0 Å². The molecular weight excluding hydrogens is 292 g/mol. The van der Waals surface area contributed by atoms with Crippen LogP contribution in [0, 0.1) is 0 Å². The maximum atomic E-state index is 10.3. The molecule has 23 heavy (non-hydrogen) atoms. The van der Waals surface area contributed by atoms with Crippen LogP contribution in [0.2, 0.25) is 0 Å². The van der Waals surface area contributed by atoms with E-state index in [1.165, 1.54) is 0 Å². The molecule has 0 unspecified atom stereocenters. The van der Waals surface area contributed by atoms with Crippen LogP contribution in [-0.4, -0.2) is 29.0 Å². The number of aromatic hydroxyl groups is 1. The van der Waals surface area contributed by atoms with E-state index in [4.69, 9.17) is 9.47 Å². The Bertz CT molecular complexity index is 794. The van der Waals surface area contributed by atoms with Crippen molar-refractivity contribution in [3.05, 3.63) is 48.7 Å². The molecule has 0 atom stereocenters. The van der Waals surface area contributed by atoms with E-state index in [0.29, 0.717) is 17.9 Å². The summed E-state index contributed by atoms with van der Waals surface area (Å²) in [4.78, 5) is 0. The van der Waals surface area contributed by atoms with Gasteiger partial charge in [-0.1, -0.05) is 12.1 Å². The van der Waals surface area contributed by atoms with Gasteiger partial charge in [0, 0.05) is 17.2 Å². The number of methoxy groups -OCH3 is 1. The van der Waals surface area contributed by atoms with Gasteiger partial charge in [-0.05, 0) is 36.8 Å². The normalized spacial score (nSPS) is 10.5. The molecule has 3 rings (SSSR count). The predicted molar refractivity (Wildman–Crippen MR) is 88.8 cm³/mol. The third-order valence-corrected chi connectivity index (χ3v) is 3.59. The topological polar surface area (TPSA) is 67.4 Å². The van der Waals surface area contributed by atoms with Gasteiger partial charge in [-0.2, -0.15) is 5.10 Å². The third kappa shape index (κ3) is 2.99. The quantitative estimate of drug-likeness (QED) is 0.751. The Balaban J connectivity index is 2.00. The molecule has 1 heterocycles. The van der Waals surface area contributed by atoms with Gasteiger partial charge in [0.2, 0.25) is 0 Å². The fourth-order valence-electron chi connectivity index (χ4n) is 2.46. The van der Waals surface area contributed by atoms with Crippen molar-refractivity contribution in [3.8, 4) is 39.6 Å². The third-order valence-electron chi connectivity index (χ3n) is 3.59. The van der Waals surface area contributed by atoms with Crippen LogP contribution in [0.5, 0.6) is 17.2 Å². The second-order valence-electron chi connectivity index (χ2n) is 5.00. The molecule has 0 bridgehead atoms. The molecule has 0 aliphatic heterocycles. The zero-order valence-electron chi connectivity index (χ0n) is 13.0. The highest BCUT2D eigenvalue weighted by Crippen LogP contribution is 2.37. The van der Waals surface area contributed by atoms with Gasteiger partial charge in [0.1, 0.15) is 17.2 Å². The largest absolute Gasteiger partial charge is 0.507 e. The van der Waals surface area contributed by atoms with E-state index in [2.05, 4.69) is 10.2 Å². The Morgan fingerprint density at radius 3 is 2.43 bits per heavy atom. The van der Waals surface area contributed by atoms with Gasteiger partial charge in [0.25, 0.3) is 0 Å². The number of hydrogen-bond donors (Lipinski definition) is 2. The number of phenols is 1. The van der Waals surface area contributed by atoms with E-state index in [-0.39, 0.29) is 5.75 Å². The van der Waals surface area contributed by atoms with Crippen LogP contribution in [0.3, 0.4) is 0 Å². The van der Waals surface area contributed by atoms with Crippen LogP contribution in [-0.2, 0) is 0 Å². The van der Waals surface area contributed by atoms with Crippen LogP contribution < -0.4 is 9.47 Å². The predicted octanol–water partition coefficient (Wildman–Crippen LogP) is 3.86.